The van der Waals surface area contributed by atoms with Gasteiger partial charge in [0.2, 0.25) is 6.41 Å². The highest BCUT2D eigenvalue weighted by atomic mass is 32.1. The van der Waals surface area contributed by atoms with Gasteiger partial charge in [-0.3, -0.25) is 9.59 Å². The second kappa shape index (κ2) is 4.62. The average Bonchev–Trinajstić information content (AvgIpc) is 2.89. The van der Waals surface area contributed by atoms with Gasteiger partial charge in [0.15, 0.2) is 5.13 Å². The first-order valence-corrected chi connectivity index (χ1v) is 5.21. The van der Waals surface area contributed by atoms with Gasteiger partial charge in [-0.25, -0.2) is 4.98 Å². The van der Waals surface area contributed by atoms with E-state index in [1.165, 1.54) is 23.7 Å². The van der Waals surface area contributed by atoms with Gasteiger partial charge in [-0.2, -0.15) is 4.68 Å². The van der Waals surface area contributed by atoms with E-state index in [4.69, 9.17) is 0 Å². The van der Waals surface area contributed by atoms with Gasteiger partial charge < -0.3 is 5.32 Å². The molecule has 0 aliphatic rings. The minimum atomic E-state index is -0.222. The summed E-state index contributed by atoms with van der Waals surface area (Å²) in [5.41, 5.74) is 0.592. The molecular weight excluding hydrogens is 230 g/mol. The Morgan fingerprint density at radius 2 is 2.50 bits per heavy atom. The molecule has 1 amide bonds. The largest absolute Gasteiger partial charge is 0.305 e. The maximum atomic E-state index is 11.6. The summed E-state index contributed by atoms with van der Waals surface area (Å²) in [6, 6.07) is 0. The van der Waals surface area contributed by atoms with Crippen molar-refractivity contribution in [2.24, 2.45) is 0 Å². The van der Waals surface area contributed by atoms with Gasteiger partial charge in [0.05, 0.1) is 24.5 Å². The third kappa shape index (κ3) is 2.28. The van der Waals surface area contributed by atoms with Crippen LogP contribution in [0.15, 0.2) is 17.8 Å². The van der Waals surface area contributed by atoms with E-state index in [9.17, 15) is 9.59 Å². The lowest BCUT2D eigenvalue weighted by Crippen LogP contribution is -2.14. The number of nitrogens with one attached hydrogen (secondary N) is 1. The first-order valence-electron chi connectivity index (χ1n) is 4.33. The Labute approximate surface area is 94.1 Å². The second-order valence-electron chi connectivity index (χ2n) is 2.82. The molecule has 0 saturated heterocycles. The number of anilines is 1. The van der Waals surface area contributed by atoms with Crippen molar-refractivity contribution in [1.82, 2.24) is 20.0 Å². The van der Waals surface area contributed by atoms with Crippen LogP contribution in [0.3, 0.4) is 0 Å². The zero-order chi connectivity index (χ0) is 11.4. The van der Waals surface area contributed by atoms with Crippen LogP contribution < -0.4 is 5.32 Å². The summed E-state index contributed by atoms with van der Waals surface area (Å²) in [6.07, 6.45) is 3.57. The maximum Gasteiger partial charge on any atom is 0.254 e. The van der Waals surface area contributed by atoms with Crippen molar-refractivity contribution in [2.75, 3.05) is 5.32 Å². The van der Waals surface area contributed by atoms with Gasteiger partial charge >= 0.3 is 0 Å². The van der Waals surface area contributed by atoms with E-state index >= 15 is 0 Å². The molecule has 0 unspecified atom stereocenters. The van der Waals surface area contributed by atoms with Crippen molar-refractivity contribution in [1.29, 1.82) is 0 Å². The van der Waals surface area contributed by atoms with E-state index in [1.807, 2.05) is 0 Å². The highest BCUT2D eigenvalue weighted by Crippen LogP contribution is 2.15. The van der Waals surface area contributed by atoms with E-state index in [0.717, 1.165) is 4.68 Å². The summed E-state index contributed by atoms with van der Waals surface area (Å²) in [4.78, 5) is 25.8. The van der Waals surface area contributed by atoms with E-state index in [-0.39, 0.29) is 12.3 Å². The first kappa shape index (κ1) is 10.4. The van der Waals surface area contributed by atoms with Crippen LogP contribution in [0.4, 0.5) is 5.13 Å². The average molecular weight is 237 g/mol. The third-order valence-electron chi connectivity index (χ3n) is 1.74. The van der Waals surface area contributed by atoms with Crippen LogP contribution in [0, 0.1) is 0 Å². The maximum absolute atomic E-state index is 11.6. The fourth-order valence-electron chi connectivity index (χ4n) is 1.08. The SMILES string of the molecule is O=CNc1nc(CC(=O)n2ccnn2)cs1. The van der Waals surface area contributed by atoms with Gasteiger partial charge in [-0.15, -0.1) is 16.4 Å². The molecule has 82 valence electrons. The summed E-state index contributed by atoms with van der Waals surface area (Å²) in [5, 5.41) is 11.7. The van der Waals surface area contributed by atoms with Crippen molar-refractivity contribution in [2.45, 2.75) is 6.42 Å². The summed E-state index contributed by atoms with van der Waals surface area (Å²) in [7, 11) is 0. The smallest absolute Gasteiger partial charge is 0.254 e. The van der Waals surface area contributed by atoms with Crippen molar-refractivity contribution >= 4 is 28.8 Å². The molecule has 0 aliphatic heterocycles. The van der Waals surface area contributed by atoms with Gasteiger partial charge in [0.1, 0.15) is 0 Å². The fraction of sp³-hybridized carbons (Fsp3) is 0.125. The van der Waals surface area contributed by atoms with Crippen molar-refractivity contribution in [3.8, 4) is 0 Å². The quantitative estimate of drug-likeness (QED) is 0.766. The molecule has 2 aromatic rings. The highest BCUT2D eigenvalue weighted by molar-refractivity contribution is 7.13. The molecule has 1 N–H and O–H groups in total. The molecule has 16 heavy (non-hydrogen) atoms. The first-order chi connectivity index (χ1) is 7.79. The van der Waals surface area contributed by atoms with Crippen LogP contribution >= 0.6 is 11.3 Å². The zero-order valence-electron chi connectivity index (χ0n) is 8.03. The molecule has 0 aliphatic carbocycles. The topological polar surface area (TPSA) is 89.8 Å². The number of thiazole rings is 1. The lowest BCUT2D eigenvalue weighted by atomic mass is 10.3. The van der Waals surface area contributed by atoms with Crippen LogP contribution in [0.25, 0.3) is 0 Å². The lowest BCUT2D eigenvalue weighted by Gasteiger charge is -1.95. The molecule has 0 spiro atoms. The fourth-order valence-corrected chi connectivity index (χ4v) is 1.75. The predicted octanol–water partition coefficient (Wildman–Crippen LogP) is 0.186. The van der Waals surface area contributed by atoms with Crippen LogP contribution in [-0.2, 0) is 11.2 Å². The van der Waals surface area contributed by atoms with Crippen molar-refractivity contribution < 1.29 is 9.59 Å². The lowest BCUT2D eigenvalue weighted by molar-refractivity contribution is -0.105. The number of nitrogens with zero attached hydrogens (tertiary/aromatic N) is 4. The molecule has 2 rings (SSSR count). The number of rotatable bonds is 4. The normalized spacial score (nSPS) is 10.0. The van der Waals surface area contributed by atoms with E-state index in [2.05, 4.69) is 20.6 Å². The van der Waals surface area contributed by atoms with E-state index < -0.39 is 0 Å². The summed E-state index contributed by atoms with van der Waals surface area (Å²) in [5.74, 6) is -0.222. The number of aromatic nitrogens is 4. The van der Waals surface area contributed by atoms with Crippen LogP contribution in [0.5, 0.6) is 0 Å². The molecule has 0 saturated carbocycles. The summed E-state index contributed by atoms with van der Waals surface area (Å²) in [6.45, 7) is 0. The number of carbonyl (C=O) groups excluding carboxylic acids is 2. The molecule has 2 heterocycles. The summed E-state index contributed by atoms with van der Waals surface area (Å²) >= 11 is 1.26. The third-order valence-corrected chi connectivity index (χ3v) is 2.57. The molecule has 2 aromatic heterocycles. The Morgan fingerprint density at radius 3 is 3.19 bits per heavy atom. The Bertz CT molecular complexity index is 492. The van der Waals surface area contributed by atoms with Crippen LogP contribution in [0.2, 0.25) is 0 Å². The standard InChI is InChI=1S/C8H7N5O2S/c14-5-9-8-11-6(4-16-8)3-7(15)13-2-1-10-12-13/h1-2,4-5H,3H2,(H,9,11,14). The molecule has 7 nitrogen and oxygen atoms in total. The van der Waals surface area contributed by atoms with Gasteiger partial charge in [-0.05, 0) is 0 Å². The molecule has 0 atom stereocenters. The van der Waals surface area contributed by atoms with Crippen molar-refractivity contribution in [3.05, 3.63) is 23.5 Å². The highest BCUT2D eigenvalue weighted by Gasteiger charge is 2.09. The number of carbonyl (C=O) groups is 2. The summed E-state index contributed by atoms with van der Waals surface area (Å²) < 4.78 is 1.15. The van der Waals surface area contributed by atoms with Gasteiger partial charge in [-0.1, -0.05) is 5.21 Å². The minimum absolute atomic E-state index is 0.125. The molecule has 0 radical (unpaired) electrons. The minimum Gasteiger partial charge on any atom is -0.305 e. The zero-order valence-corrected chi connectivity index (χ0v) is 8.85. The number of hydrogen-bond acceptors (Lipinski definition) is 6. The monoisotopic (exact) mass is 237 g/mol. The Hall–Kier alpha value is -2.09. The second-order valence-corrected chi connectivity index (χ2v) is 3.68. The molecule has 8 heteroatoms. The van der Waals surface area contributed by atoms with Crippen LogP contribution in [-0.4, -0.2) is 32.3 Å². The molecule has 0 fully saturated rings. The molecular formula is C8H7N5O2S. The Morgan fingerprint density at radius 1 is 1.62 bits per heavy atom. The Balaban J connectivity index is 2.03. The molecule has 0 bridgehead atoms. The van der Waals surface area contributed by atoms with E-state index in [1.54, 1.807) is 5.38 Å². The predicted molar refractivity (Wildman–Crippen MR) is 56.2 cm³/mol. The number of amides is 1. The van der Waals surface area contributed by atoms with Gasteiger partial charge in [0.25, 0.3) is 5.91 Å². The van der Waals surface area contributed by atoms with Gasteiger partial charge in [0, 0.05) is 5.38 Å². The Kier molecular flexibility index (Phi) is 3.01. The van der Waals surface area contributed by atoms with Crippen LogP contribution in [0.1, 0.15) is 10.5 Å². The van der Waals surface area contributed by atoms with Crippen molar-refractivity contribution in [3.63, 3.8) is 0 Å². The molecule has 0 aromatic carbocycles. The van der Waals surface area contributed by atoms with E-state index in [0.29, 0.717) is 17.2 Å². The number of hydrogen-bond donors (Lipinski definition) is 1.